The van der Waals surface area contributed by atoms with Gasteiger partial charge in [0.2, 0.25) is 0 Å². The zero-order chi connectivity index (χ0) is 9.84. The second kappa shape index (κ2) is 4.42. The molecule has 3 heteroatoms. The predicted molar refractivity (Wildman–Crippen MR) is 53.4 cm³/mol. The molecule has 2 N–H and O–H groups in total. The molecule has 0 amide bonds. The summed E-state index contributed by atoms with van der Waals surface area (Å²) in [6, 6.07) is 0.542. The molecule has 1 fully saturated rings. The Bertz CT molecular complexity index is 213. The van der Waals surface area contributed by atoms with E-state index in [2.05, 4.69) is 25.6 Å². The molecule has 0 aliphatic carbocycles. The summed E-state index contributed by atoms with van der Waals surface area (Å²) in [5.74, 6) is 0.399. The Morgan fingerprint density at radius 3 is 2.92 bits per heavy atom. The highest BCUT2D eigenvalue weighted by Crippen LogP contribution is 2.07. The van der Waals surface area contributed by atoms with E-state index in [1.54, 1.807) is 0 Å². The summed E-state index contributed by atoms with van der Waals surface area (Å²) in [7, 11) is 0. The summed E-state index contributed by atoms with van der Waals surface area (Å²) >= 11 is 0. The Morgan fingerprint density at radius 1 is 1.69 bits per heavy atom. The molecule has 74 valence electrons. The Labute approximate surface area is 79.7 Å². The summed E-state index contributed by atoms with van der Waals surface area (Å²) < 4.78 is 0. The first-order valence-corrected chi connectivity index (χ1v) is 4.85. The second-order valence-corrected chi connectivity index (χ2v) is 3.95. The van der Waals surface area contributed by atoms with E-state index < -0.39 is 0 Å². The van der Waals surface area contributed by atoms with Crippen LogP contribution >= 0.6 is 0 Å². The van der Waals surface area contributed by atoms with Gasteiger partial charge in [-0.1, -0.05) is 18.7 Å². The molecule has 1 aliphatic rings. The quantitative estimate of drug-likeness (QED) is 0.361. The van der Waals surface area contributed by atoms with Crippen molar-refractivity contribution in [3.63, 3.8) is 0 Å². The monoisotopic (exact) mass is 183 g/mol. The van der Waals surface area contributed by atoms with Gasteiger partial charge in [0, 0.05) is 12.3 Å². The first kappa shape index (κ1) is 10.3. The summed E-state index contributed by atoms with van der Waals surface area (Å²) in [4.78, 5) is 1.54. The number of nitrogens with zero attached hydrogens (tertiary/aromatic N) is 1. The smallest absolute Gasteiger partial charge is 0.0957 e. The maximum atomic E-state index is 8.75. The van der Waals surface area contributed by atoms with Gasteiger partial charge in [-0.05, 0) is 13.0 Å². The third kappa shape index (κ3) is 2.31. The van der Waals surface area contributed by atoms with Crippen LogP contribution in [0.1, 0.15) is 20.3 Å². The molecule has 1 rings (SSSR count). The molecule has 1 heterocycles. The van der Waals surface area contributed by atoms with Crippen molar-refractivity contribution in [3.8, 4) is 0 Å². The Hall–Kier alpha value is -0.830. The van der Waals surface area contributed by atoms with Crippen molar-refractivity contribution in [1.29, 1.82) is 0 Å². The van der Waals surface area contributed by atoms with Gasteiger partial charge >= 0.3 is 0 Å². The standard InChI is InChI=1S/C10H18N2O/c1-4-5-12-7-8(2)10(11-13)6-9(12)3/h4,8-9,13H,1,5-7H2,2-3H3/p+1/b11-10+/t8-,9+/m0/s1. The molecule has 1 saturated heterocycles. The minimum Gasteiger partial charge on any atom is -0.411 e. The van der Waals surface area contributed by atoms with Gasteiger partial charge in [0.1, 0.15) is 0 Å². The molecule has 3 nitrogen and oxygen atoms in total. The lowest BCUT2D eigenvalue weighted by Crippen LogP contribution is -3.17. The number of rotatable bonds is 2. The Kier molecular flexibility index (Phi) is 3.48. The number of likely N-dealkylation sites (tertiary alicyclic amines) is 1. The number of piperidine rings is 1. The van der Waals surface area contributed by atoms with Crippen molar-refractivity contribution < 1.29 is 10.1 Å². The van der Waals surface area contributed by atoms with Gasteiger partial charge in [-0.2, -0.15) is 0 Å². The fraction of sp³-hybridized carbons (Fsp3) is 0.700. The molecule has 0 aromatic heterocycles. The molecule has 1 unspecified atom stereocenters. The number of hydrogen-bond donors (Lipinski definition) is 2. The molecule has 1 aliphatic heterocycles. The largest absolute Gasteiger partial charge is 0.411 e. The van der Waals surface area contributed by atoms with Gasteiger partial charge in [-0.25, -0.2) is 0 Å². The van der Waals surface area contributed by atoms with Crippen LogP contribution in [0.5, 0.6) is 0 Å². The van der Waals surface area contributed by atoms with E-state index in [-0.39, 0.29) is 0 Å². The van der Waals surface area contributed by atoms with Crippen molar-refractivity contribution in [3.05, 3.63) is 12.7 Å². The number of quaternary nitrogens is 1. The lowest BCUT2D eigenvalue weighted by Gasteiger charge is -2.33. The molecular formula is C10H19N2O+. The van der Waals surface area contributed by atoms with Crippen molar-refractivity contribution >= 4 is 5.71 Å². The van der Waals surface area contributed by atoms with Crippen LogP contribution in [0.2, 0.25) is 0 Å². The van der Waals surface area contributed by atoms with E-state index in [1.807, 2.05) is 6.08 Å². The zero-order valence-corrected chi connectivity index (χ0v) is 8.45. The maximum Gasteiger partial charge on any atom is 0.0957 e. The van der Waals surface area contributed by atoms with Crippen LogP contribution in [0, 0.1) is 5.92 Å². The highest BCUT2D eigenvalue weighted by Gasteiger charge is 2.30. The van der Waals surface area contributed by atoms with Crippen LogP contribution < -0.4 is 4.90 Å². The molecule has 0 aromatic carbocycles. The van der Waals surface area contributed by atoms with Crippen molar-refractivity contribution in [2.75, 3.05) is 13.1 Å². The molecule has 0 bridgehead atoms. The number of hydrogen-bond acceptors (Lipinski definition) is 2. The third-order valence-corrected chi connectivity index (χ3v) is 2.88. The lowest BCUT2D eigenvalue weighted by atomic mass is 9.93. The number of oxime groups is 1. The van der Waals surface area contributed by atoms with Crippen molar-refractivity contribution in [2.24, 2.45) is 11.1 Å². The van der Waals surface area contributed by atoms with E-state index in [0.717, 1.165) is 25.2 Å². The van der Waals surface area contributed by atoms with E-state index in [4.69, 9.17) is 5.21 Å². The highest BCUT2D eigenvalue weighted by molar-refractivity contribution is 5.86. The van der Waals surface area contributed by atoms with Crippen molar-refractivity contribution in [2.45, 2.75) is 26.3 Å². The lowest BCUT2D eigenvalue weighted by molar-refractivity contribution is -0.921. The second-order valence-electron chi connectivity index (χ2n) is 3.95. The van der Waals surface area contributed by atoms with Crippen LogP contribution in [0.25, 0.3) is 0 Å². The van der Waals surface area contributed by atoms with Crippen LogP contribution in [0.4, 0.5) is 0 Å². The maximum absolute atomic E-state index is 8.75. The molecule has 0 aromatic rings. The van der Waals surface area contributed by atoms with Gasteiger partial charge in [-0.15, -0.1) is 0 Å². The molecule has 0 radical (unpaired) electrons. The average molecular weight is 183 g/mol. The average Bonchev–Trinajstić information content (AvgIpc) is 2.11. The van der Waals surface area contributed by atoms with E-state index in [0.29, 0.717) is 12.0 Å². The van der Waals surface area contributed by atoms with Crippen LogP contribution in [0.15, 0.2) is 17.8 Å². The van der Waals surface area contributed by atoms with Gasteiger partial charge in [0.15, 0.2) is 0 Å². The predicted octanol–water partition coefficient (Wildman–Crippen LogP) is 0.316. The zero-order valence-electron chi connectivity index (χ0n) is 8.45. The van der Waals surface area contributed by atoms with Gasteiger partial charge < -0.3 is 10.1 Å². The minimum absolute atomic E-state index is 0.399. The first-order valence-electron chi connectivity index (χ1n) is 4.85. The topological polar surface area (TPSA) is 37.0 Å². The summed E-state index contributed by atoms with van der Waals surface area (Å²) in [6.07, 6.45) is 2.86. The van der Waals surface area contributed by atoms with Gasteiger partial charge in [0.05, 0.1) is 24.8 Å². The minimum atomic E-state index is 0.399. The van der Waals surface area contributed by atoms with Crippen molar-refractivity contribution in [1.82, 2.24) is 0 Å². The molecule has 3 atom stereocenters. The summed E-state index contributed by atoms with van der Waals surface area (Å²) in [6.45, 7) is 10.1. The molecular weight excluding hydrogens is 164 g/mol. The normalized spacial score (nSPS) is 37.7. The highest BCUT2D eigenvalue weighted by atomic mass is 16.4. The Morgan fingerprint density at radius 2 is 2.38 bits per heavy atom. The fourth-order valence-electron chi connectivity index (χ4n) is 1.98. The SMILES string of the molecule is C=CC[NH+]1C[C@H](C)/C(=N/O)C[C@H]1C. The van der Waals surface area contributed by atoms with Crippen LogP contribution in [0.3, 0.4) is 0 Å². The van der Waals surface area contributed by atoms with Gasteiger partial charge in [-0.3, -0.25) is 0 Å². The van der Waals surface area contributed by atoms with Crippen LogP contribution in [-0.2, 0) is 0 Å². The molecule has 0 spiro atoms. The van der Waals surface area contributed by atoms with E-state index in [1.165, 1.54) is 4.90 Å². The molecule has 13 heavy (non-hydrogen) atoms. The molecule has 0 saturated carbocycles. The van der Waals surface area contributed by atoms with E-state index in [9.17, 15) is 0 Å². The van der Waals surface area contributed by atoms with E-state index >= 15 is 0 Å². The number of nitrogens with one attached hydrogen (secondary N) is 1. The summed E-state index contributed by atoms with van der Waals surface area (Å²) in [5.41, 5.74) is 0.945. The van der Waals surface area contributed by atoms with Crippen LogP contribution in [-0.4, -0.2) is 30.1 Å². The Balaban J connectivity index is 2.61. The van der Waals surface area contributed by atoms with Gasteiger partial charge in [0.25, 0.3) is 0 Å². The third-order valence-electron chi connectivity index (χ3n) is 2.88. The fourth-order valence-corrected chi connectivity index (χ4v) is 1.98. The first-order chi connectivity index (χ1) is 6.19. The summed E-state index contributed by atoms with van der Waals surface area (Å²) in [5, 5.41) is 12.1.